The van der Waals surface area contributed by atoms with Crippen molar-refractivity contribution in [3.8, 4) is 0 Å². The number of carboxylic acid groups (broad SMARTS) is 1. The van der Waals surface area contributed by atoms with Gasteiger partial charge >= 0.3 is 5.97 Å². The summed E-state index contributed by atoms with van der Waals surface area (Å²) in [5.41, 5.74) is 0. The zero-order valence-corrected chi connectivity index (χ0v) is 11.1. The third kappa shape index (κ3) is 2.76. The lowest BCUT2D eigenvalue weighted by molar-refractivity contribution is -0.144. The standard InChI is InChI=1S/C14H22N2O3/c17-11(5-6-15-10-3-4-10)16-13-9-2-1-8(7-9)12(13)14(18)19/h8-10,12-13,15H,1-7H2,(H,16,17)(H,18,19). The summed E-state index contributed by atoms with van der Waals surface area (Å²) in [6.07, 6.45) is 5.94. The van der Waals surface area contributed by atoms with Gasteiger partial charge < -0.3 is 15.7 Å². The Hall–Kier alpha value is -1.10. The summed E-state index contributed by atoms with van der Waals surface area (Å²) in [5, 5.41) is 15.6. The molecule has 4 unspecified atom stereocenters. The predicted octanol–water partition coefficient (Wildman–Crippen LogP) is 0.744. The molecule has 3 aliphatic rings. The molecule has 4 atom stereocenters. The maximum Gasteiger partial charge on any atom is 0.308 e. The largest absolute Gasteiger partial charge is 0.481 e. The number of carboxylic acids is 1. The molecule has 19 heavy (non-hydrogen) atoms. The Balaban J connectivity index is 1.49. The van der Waals surface area contributed by atoms with Gasteiger partial charge in [0, 0.05) is 25.0 Å². The second-order valence-electron chi connectivity index (χ2n) is 6.27. The van der Waals surface area contributed by atoms with E-state index in [1.165, 1.54) is 12.8 Å². The van der Waals surface area contributed by atoms with Crippen LogP contribution in [-0.2, 0) is 9.59 Å². The van der Waals surface area contributed by atoms with Gasteiger partial charge in [0.15, 0.2) is 0 Å². The van der Waals surface area contributed by atoms with Gasteiger partial charge in [-0.15, -0.1) is 0 Å². The number of hydrogen-bond acceptors (Lipinski definition) is 3. The fraction of sp³-hybridized carbons (Fsp3) is 0.857. The van der Waals surface area contributed by atoms with E-state index in [2.05, 4.69) is 10.6 Å². The van der Waals surface area contributed by atoms with Gasteiger partial charge in [-0.05, 0) is 43.9 Å². The second kappa shape index (κ2) is 5.12. The van der Waals surface area contributed by atoms with E-state index in [0.717, 1.165) is 19.3 Å². The van der Waals surface area contributed by atoms with Gasteiger partial charge in [0.2, 0.25) is 5.91 Å². The number of hydrogen-bond donors (Lipinski definition) is 3. The molecule has 0 saturated heterocycles. The lowest BCUT2D eigenvalue weighted by Gasteiger charge is -2.28. The van der Waals surface area contributed by atoms with Crippen LogP contribution >= 0.6 is 0 Å². The van der Waals surface area contributed by atoms with Crippen molar-refractivity contribution in [3.63, 3.8) is 0 Å². The number of amides is 1. The Morgan fingerprint density at radius 3 is 2.53 bits per heavy atom. The van der Waals surface area contributed by atoms with Gasteiger partial charge in [-0.3, -0.25) is 9.59 Å². The third-order valence-corrected chi connectivity index (χ3v) is 4.89. The minimum absolute atomic E-state index is 0.00282. The first-order valence-corrected chi connectivity index (χ1v) is 7.40. The van der Waals surface area contributed by atoms with E-state index in [4.69, 9.17) is 0 Å². The zero-order chi connectivity index (χ0) is 13.4. The van der Waals surface area contributed by atoms with Crippen molar-refractivity contribution in [2.24, 2.45) is 17.8 Å². The molecule has 5 heteroatoms. The molecule has 0 aromatic rings. The first-order valence-electron chi connectivity index (χ1n) is 7.40. The molecule has 0 aliphatic heterocycles. The molecule has 0 aromatic carbocycles. The smallest absolute Gasteiger partial charge is 0.308 e. The van der Waals surface area contributed by atoms with Crippen molar-refractivity contribution in [1.82, 2.24) is 10.6 Å². The van der Waals surface area contributed by atoms with Crippen LogP contribution in [0.1, 0.15) is 38.5 Å². The van der Waals surface area contributed by atoms with Crippen LogP contribution in [-0.4, -0.2) is 35.6 Å². The molecule has 0 heterocycles. The van der Waals surface area contributed by atoms with Gasteiger partial charge in [-0.2, -0.15) is 0 Å². The Labute approximate surface area is 113 Å². The highest BCUT2D eigenvalue weighted by molar-refractivity contribution is 5.79. The summed E-state index contributed by atoms with van der Waals surface area (Å²) in [6, 6.07) is 0.478. The molecule has 0 aromatic heterocycles. The van der Waals surface area contributed by atoms with E-state index in [-0.39, 0.29) is 23.8 Å². The average Bonchev–Trinajstić information content (AvgIpc) is 2.96. The van der Waals surface area contributed by atoms with Gasteiger partial charge in [0.1, 0.15) is 0 Å². The molecule has 0 radical (unpaired) electrons. The average molecular weight is 266 g/mol. The SMILES string of the molecule is O=C(CCNC1CC1)NC1C2CCC(C2)C1C(=O)O. The first kappa shape index (κ1) is 12.9. The molecule has 2 bridgehead atoms. The van der Waals surface area contributed by atoms with E-state index in [1.807, 2.05) is 0 Å². The van der Waals surface area contributed by atoms with E-state index in [9.17, 15) is 14.7 Å². The Bertz CT molecular complexity index is 381. The normalized spacial score (nSPS) is 36.4. The van der Waals surface area contributed by atoms with Crippen LogP contribution in [0.4, 0.5) is 0 Å². The molecular formula is C14H22N2O3. The Morgan fingerprint density at radius 2 is 1.84 bits per heavy atom. The predicted molar refractivity (Wildman–Crippen MR) is 69.5 cm³/mol. The second-order valence-corrected chi connectivity index (χ2v) is 6.27. The van der Waals surface area contributed by atoms with Crippen molar-refractivity contribution in [3.05, 3.63) is 0 Å². The zero-order valence-electron chi connectivity index (χ0n) is 11.1. The minimum Gasteiger partial charge on any atom is -0.481 e. The van der Waals surface area contributed by atoms with Gasteiger partial charge in [0.05, 0.1) is 5.92 Å². The highest BCUT2D eigenvalue weighted by Gasteiger charge is 2.51. The van der Waals surface area contributed by atoms with Crippen LogP contribution in [0.2, 0.25) is 0 Å². The summed E-state index contributed by atoms with van der Waals surface area (Å²) in [6.45, 7) is 0.703. The molecule has 5 nitrogen and oxygen atoms in total. The lowest BCUT2D eigenvalue weighted by Crippen LogP contribution is -2.47. The summed E-state index contributed by atoms with van der Waals surface area (Å²) in [7, 11) is 0. The molecule has 106 valence electrons. The van der Waals surface area contributed by atoms with Gasteiger partial charge in [-0.1, -0.05) is 0 Å². The van der Waals surface area contributed by atoms with Crippen molar-refractivity contribution in [2.75, 3.05) is 6.54 Å². The molecule has 0 spiro atoms. The number of carbonyl (C=O) groups excluding carboxylic acids is 1. The topological polar surface area (TPSA) is 78.4 Å². The molecular weight excluding hydrogens is 244 g/mol. The lowest BCUT2D eigenvalue weighted by atomic mass is 9.84. The maximum absolute atomic E-state index is 11.9. The van der Waals surface area contributed by atoms with E-state index in [0.29, 0.717) is 24.9 Å². The molecule has 1 amide bonds. The quantitative estimate of drug-likeness (QED) is 0.662. The van der Waals surface area contributed by atoms with Gasteiger partial charge in [0.25, 0.3) is 0 Å². The maximum atomic E-state index is 11.9. The fourth-order valence-corrected chi connectivity index (χ4v) is 3.79. The minimum atomic E-state index is -0.742. The van der Waals surface area contributed by atoms with Crippen LogP contribution < -0.4 is 10.6 Å². The monoisotopic (exact) mass is 266 g/mol. The van der Waals surface area contributed by atoms with Crippen molar-refractivity contribution in [2.45, 2.75) is 50.6 Å². The van der Waals surface area contributed by atoms with Crippen molar-refractivity contribution >= 4 is 11.9 Å². The number of fused-ring (bicyclic) bond motifs is 2. The number of nitrogens with one attached hydrogen (secondary N) is 2. The van der Waals surface area contributed by atoms with Crippen molar-refractivity contribution in [1.29, 1.82) is 0 Å². The Morgan fingerprint density at radius 1 is 1.11 bits per heavy atom. The summed E-state index contributed by atoms with van der Waals surface area (Å²) in [5.74, 6) is -0.450. The number of carbonyl (C=O) groups is 2. The van der Waals surface area contributed by atoms with Crippen LogP contribution in [0, 0.1) is 17.8 Å². The number of rotatable bonds is 6. The fourth-order valence-electron chi connectivity index (χ4n) is 3.79. The van der Waals surface area contributed by atoms with Crippen LogP contribution in [0.5, 0.6) is 0 Å². The number of aliphatic carboxylic acids is 1. The summed E-state index contributed by atoms with van der Waals surface area (Å²) in [4.78, 5) is 23.2. The highest BCUT2D eigenvalue weighted by Crippen LogP contribution is 2.48. The molecule has 3 saturated carbocycles. The van der Waals surface area contributed by atoms with Crippen LogP contribution in [0.15, 0.2) is 0 Å². The summed E-state index contributed by atoms with van der Waals surface area (Å²) < 4.78 is 0. The van der Waals surface area contributed by atoms with Crippen LogP contribution in [0.3, 0.4) is 0 Å². The molecule has 3 aliphatic carbocycles. The third-order valence-electron chi connectivity index (χ3n) is 4.89. The summed E-state index contributed by atoms with van der Waals surface area (Å²) >= 11 is 0. The molecule has 3 fully saturated rings. The molecule has 3 N–H and O–H groups in total. The van der Waals surface area contributed by atoms with E-state index < -0.39 is 5.97 Å². The van der Waals surface area contributed by atoms with E-state index in [1.54, 1.807) is 0 Å². The Kier molecular flexibility index (Phi) is 3.48. The van der Waals surface area contributed by atoms with Crippen LogP contribution in [0.25, 0.3) is 0 Å². The van der Waals surface area contributed by atoms with E-state index >= 15 is 0 Å². The highest BCUT2D eigenvalue weighted by atomic mass is 16.4. The molecule has 3 rings (SSSR count). The van der Waals surface area contributed by atoms with Crippen molar-refractivity contribution < 1.29 is 14.7 Å². The first-order chi connectivity index (χ1) is 9.15. The van der Waals surface area contributed by atoms with Gasteiger partial charge in [-0.25, -0.2) is 0 Å².